The fraction of sp³-hybridized carbons (Fsp3) is 0.417. The van der Waals surface area contributed by atoms with Gasteiger partial charge in [0.05, 0.1) is 4.90 Å². The molecule has 19 heavy (non-hydrogen) atoms. The molecule has 0 aliphatic carbocycles. The molecule has 0 spiro atoms. The molecule has 5 nitrogen and oxygen atoms in total. The smallest absolute Gasteiger partial charge is 0.253 e. The lowest BCUT2D eigenvalue weighted by Crippen LogP contribution is -2.46. The Kier molecular flexibility index (Phi) is 5.34. The van der Waals surface area contributed by atoms with E-state index < -0.39 is 9.84 Å². The van der Waals surface area contributed by atoms with Crippen LogP contribution in [0.4, 0.5) is 0 Å². The summed E-state index contributed by atoms with van der Waals surface area (Å²) < 4.78 is 22.9. The summed E-state index contributed by atoms with van der Waals surface area (Å²) in [4.78, 5) is 14.1. The fourth-order valence-corrected chi connectivity index (χ4v) is 2.58. The summed E-state index contributed by atoms with van der Waals surface area (Å²) in [6, 6.07) is 6.20. The van der Waals surface area contributed by atoms with Crippen LogP contribution in [0.25, 0.3) is 0 Å². The van der Waals surface area contributed by atoms with Crippen molar-refractivity contribution >= 4 is 28.2 Å². The Labute approximate surface area is 119 Å². The summed E-state index contributed by atoms with van der Waals surface area (Å²) >= 11 is 0. The van der Waals surface area contributed by atoms with Crippen LogP contribution < -0.4 is 5.32 Å². The van der Waals surface area contributed by atoms with Crippen LogP contribution in [0.2, 0.25) is 0 Å². The van der Waals surface area contributed by atoms with Crippen molar-refractivity contribution in [2.45, 2.75) is 4.90 Å². The second-order valence-electron chi connectivity index (χ2n) is 4.34. The van der Waals surface area contributed by atoms with E-state index in [2.05, 4.69) is 5.32 Å². The first-order chi connectivity index (χ1) is 8.48. The van der Waals surface area contributed by atoms with Crippen molar-refractivity contribution in [3.05, 3.63) is 29.8 Å². The van der Waals surface area contributed by atoms with E-state index in [1.807, 2.05) is 0 Å². The molecule has 0 aromatic heterocycles. The SMILES string of the molecule is CS(=O)(=O)c1cccc(C(=O)N2CCNCC2)c1.Cl. The van der Waals surface area contributed by atoms with Gasteiger partial charge in [-0.2, -0.15) is 0 Å². The minimum absolute atomic E-state index is 0. The molecule has 7 heteroatoms. The molecular formula is C12H17ClN2O3S. The van der Waals surface area contributed by atoms with Crippen LogP contribution in [-0.4, -0.2) is 51.7 Å². The number of hydrogen-bond acceptors (Lipinski definition) is 4. The number of sulfone groups is 1. The van der Waals surface area contributed by atoms with Gasteiger partial charge in [0.1, 0.15) is 0 Å². The Hall–Kier alpha value is -1.11. The van der Waals surface area contributed by atoms with Gasteiger partial charge >= 0.3 is 0 Å². The lowest BCUT2D eigenvalue weighted by atomic mass is 10.2. The highest BCUT2D eigenvalue weighted by molar-refractivity contribution is 7.90. The molecule has 1 N–H and O–H groups in total. The van der Waals surface area contributed by atoms with Gasteiger partial charge in [0.15, 0.2) is 9.84 Å². The number of nitrogens with one attached hydrogen (secondary N) is 1. The van der Waals surface area contributed by atoms with Crippen LogP contribution in [0.5, 0.6) is 0 Å². The van der Waals surface area contributed by atoms with E-state index in [4.69, 9.17) is 0 Å². The van der Waals surface area contributed by atoms with Crippen LogP contribution in [-0.2, 0) is 9.84 Å². The Bertz CT molecular complexity index is 554. The van der Waals surface area contributed by atoms with E-state index in [0.29, 0.717) is 18.7 Å². The number of piperazine rings is 1. The number of halogens is 1. The van der Waals surface area contributed by atoms with E-state index in [1.54, 1.807) is 17.0 Å². The fourth-order valence-electron chi connectivity index (χ4n) is 1.91. The average molecular weight is 305 g/mol. The Morgan fingerprint density at radius 1 is 1.26 bits per heavy atom. The lowest BCUT2D eigenvalue weighted by molar-refractivity contribution is 0.0735. The quantitative estimate of drug-likeness (QED) is 0.867. The van der Waals surface area contributed by atoms with Crippen LogP contribution in [0.3, 0.4) is 0 Å². The van der Waals surface area contributed by atoms with Gasteiger partial charge in [0.2, 0.25) is 0 Å². The van der Waals surface area contributed by atoms with Crippen molar-refractivity contribution < 1.29 is 13.2 Å². The van der Waals surface area contributed by atoms with Gasteiger partial charge in [-0.25, -0.2) is 8.42 Å². The first kappa shape index (κ1) is 15.9. The minimum atomic E-state index is -3.27. The third-order valence-electron chi connectivity index (χ3n) is 2.91. The van der Waals surface area contributed by atoms with E-state index in [-0.39, 0.29) is 23.2 Å². The predicted octanol–water partition coefficient (Wildman–Crippen LogP) is 0.557. The zero-order valence-corrected chi connectivity index (χ0v) is 12.3. The number of amides is 1. The molecule has 106 valence electrons. The van der Waals surface area contributed by atoms with Gasteiger partial charge in [0, 0.05) is 38.0 Å². The standard InChI is InChI=1S/C12H16N2O3S.ClH/c1-18(16,17)11-4-2-3-10(9-11)12(15)14-7-5-13-6-8-14;/h2-4,9,13H,5-8H2,1H3;1H. The number of carbonyl (C=O) groups is 1. The monoisotopic (exact) mass is 304 g/mol. The third-order valence-corrected chi connectivity index (χ3v) is 4.02. The van der Waals surface area contributed by atoms with Gasteiger partial charge in [-0.05, 0) is 18.2 Å². The van der Waals surface area contributed by atoms with Crippen molar-refractivity contribution in [3.8, 4) is 0 Å². The van der Waals surface area contributed by atoms with Crippen LogP contribution >= 0.6 is 12.4 Å². The summed E-state index contributed by atoms with van der Waals surface area (Å²) in [5, 5.41) is 3.17. The van der Waals surface area contributed by atoms with Crippen molar-refractivity contribution in [2.24, 2.45) is 0 Å². The molecule has 0 atom stereocenters. The maximum absolute atomic E-state index is 12.2. The Balaban J connectivity index is 0.00000180. The maximum Gasteiger partial charge on any atom is 0.253 e. The second-order valence-corrected chi connectivity index (χ2v) is 6.36. The highest BCUT2D eigenvalue weighted by atomic mass is 35.5. The van der Waals surface area contributed by atoms with Gasteiger partial charge in [-0.15, -0.1) is 12.4 Å². The molecule has 0 bridgehead atoms. The normalized spacial score (nSPS) is 15.7. The maximum atomic E-state index is 12.2. The number of hydrogen-bond donors (Lipinski definition) is 1. The van der Waals surface area contributed by atoms with Gasteiger partial charge < -0.3 is 10.2 Å². The summed E-state index contributed by atoms with van der Waals surface area (Å²) in [5.74, 6) is -0.109. The molecule has 1 aliphatic heterocycles. The summed E-state index contributed by atoms with van der Waals surface area (Å²) in [5.41, 5.74) is 0.430. The summed E-state index contributed by atoms with van der Waals surface area (Å²) in [6.45, 7) is 2.86. The Morgan fingerprint density at radius 2 is 1.89 bits per heavy atom. The highest BCUT2D eigenvalue weighted by Gasteiger charge is 2.19. The Morgan fingerprint density at radius 3 is 2.47 bits per heavy atom. The molecule has 1 aliphatic rings. The number of rotatable bonds is 2. The van der Waals surface area contributed by atoms with Crippen LogP contribution in [0.15, 0.2) is 29.2 Å². The molecule has 1 amide bonds. The first-order valence-corrected chi connectivity index (χ1v) is 7.68. The predicted molar refractivity (Wildman–Crippen MR) is 75.6 cm³/mol. The third kappa shape index (κ3) is 3.92. The number of carbonyl (C=O) groups excluding carboxylic acids is 1. The van der Waals surface area contributed by atoms with Gasteiger partial charge in [-0.3, -0.25) is 4.79 Å². The van der Waals surface area contributed by atoms with Gasteiger partial charge in [-0.1, -0.05) is 6.07 Å². The minimum Gasteiger partial charge on any atom is -0.336 e. The largest absolute Gasteiger partial charge is 0.336 e. The van der Waals surface area contributed by atoms with Crippen LogP contribution in [0.1, 0.15) is 10.4 Å². The van der Waals surface area contributed by atoms with E-state index in [0.717, 1.165) is 19.3 Å². The molecule has 0 unspecified atom stereocenters. The topological polar surface area (TPSA) is 66.5 Å². The average Bonchev–Trinajstić information content (AvgIpc) is 2.38. The van der Waals surface area contributed by atoms with E-state index in [1.165, 1.54) is 12.1 Å². The molecule has 1 aromatic rings. The molecule has 1 aromatic carbocycles. The first-order valence-electron chi connectivity index (χ1n) is 5.78. The van der Waals surface area contributed by atoms with Crippen LogP contribution in [0, 0.1) is 0 Å². The zero-order valence-electron chi connectivity index (χ0n) is 10.6. The number of benzene rings is 1. The summed E-state index contributed by atoms with van der Waals surface area (Å²) in [6.07, 6.45) is 1.14. The second kappa shape index (κ2) is 6.36. The molecule has 1 saturated heterocycles. The molecule has 2 rings (SSSR count). The molecule has 1 fully saturated rings. The highest BCUT2D eigenvalue weighted by Crippen LogP contribution is 2.13. The van der Waals surface area contributed by atoms with E-state index >= 15 is 0 Å². The molecule has 0 saturated carbocycles. The summed E-state index contributed by atoms with van der Waals surface area (Å²) in [7, 11) is -3.27. The van der Waals surface area contributed by atoms with Crippen molar-refractivity contribution in [2.75, 3.05) is 32.4 Å². The number of nitrogens with zero attached hydrogens (tertiary/aromatic N) is 1. The van der Waals surface area contributed by atoms with Crippen molar-refractivity contribution in [1.29, 1.82) is 0 Å². The molecule has 1 heterocycles. The zero-order chi connectivity index (χ0) is 13.2. The van der Waals surface area contributed by atoms with Gasteiger partial charge in [0.25, 0.3) is 5.91 Å². The lowest BCUT2D eigenvalue weighted by Gasteiger charge is -2.27. The van der Waals surface area contributed by atoms with E-state index in [9.17, 15) is 13.2 Å². The molecule has 0 radical (unpaired) electrons. The van der Waals surface area contributed by atoms with Crippen molar-refractivity contribution in [3.63, 3.8) is 0 Å². The molecular weight excluding hydrogens is 288 g/mol. The van der Waals surface area contributed by atoms with Crippen molar-refractivity contribution in [1.82, 2.24) is 10.2 Å².